The van der Waals surface area contributed by atoms with Crippen molar-refractivity contribution in [1.29, 1.82) is 0 Å². The smallest absolute Gasteiger partial charge is 0.124 e. The van der Waals surface area contributed by atoms with E-state index in [4.69, 9.17) is 0 Å². The van der Waals surface area contributed by atoms with Crippen molar-refractivity contribution < 1.29 is 5.11 Å². The molecule has 0 unspecified atom stereocenters. The van der Waals surface area contributed by atoms with Crippen molar-refractivity contribution >= 4 is 6.21 Å². The van der Waals surface area contributed by atoms with E-state index in [1.807, 2.05) is 30.3 Å². The average Bonchev–Trinajstić information content (AvgIpc) is 2.45. The van der Waals surface area contributed by atoms with Gasteiger partial charge in [-0.3, -0.25) is 9.98 Å². The number of para-hydroxylation sites is 1. The predicted octanol–water partition coefficient (Wildman–Crippen LogP) is 2.00. The third-order valence-corrected chi connectivity index (χ3v) is 2.62. The molecule has 0 saturated carbocycles. The molecule has 0 amide bonds. The van der Waals surface area contributed by atoms with E-state index in [1.165, 1.54) is 0 Å². The lowest BCUT2D eigenvalue weighted by Crippen LogP contribution is -2.17. The molecule has 0 aliphatic heterocycles. The highest BCUT2D eigenvalue weighted by Crippen LogP contribution is 2.12. The van der Waals surface area contributed by atoms with Gasteiger partial charge in [0.1, 0.15) is 5.75 Å². The normalized spacial score (nSPS) is 10.9. The van der Waals surface area contributed by atoms with E-state index in [1.54, 1.807) is 24.5 Å². The Morgan fingerprint density at radius 1 is 1.16 bits per heavy atom. The number of aromatic hydroxyl groups is 1. The van der Waals surface area contributed by atoms with Crippen LogP contribution >= 0.6 is 0 Å². The molecule has 0 fully saturated rings. The van der Waals surface area contributed by atoms with Crippen LogP contribution in [0.25, 0.3) is 0 Å². The summed E-state index contributed by atoms with van der Waals surface area (Å²) in [6.45, 7) is 2.19. The van der Waals surface area contributed by atoms with Gasteiger partial charge < -0.3 is 10.4 Å². The highest BCUT2D eigenvalue weighted by Gasteiger charge is 1.94. The summed E-state index contributed by atoms with van der Waals surface area (Å²) in [6.07, 6.45) is 3.48. The number of hydrogen-bond acceptors (Lipinski definition) is 4. The van der Waals surface area contributed by atoms with E-state index in [9.17, 15) is 5.11 Å². The summed E-state index contributed by atoms with van der Waals surface area (Å²) in [5, 5.41) is 12.8. The number of benzene rings is 1. The molecule has 0 radical (unpaired) electrons. The van der Waals surface area contributed by atoms with E-state index in [2.05, 4.69) is 15.3 Å². The zero-order valence-corrected chi connectivity index (χ0v) is 10.7. The lowest BCUT2D eigenvalue weighted by Gasteiger charge is -2.01. The summed E-state index contributed by atoms with van der Waals surface area (Å²) >= 11 is 0. The SMILES string of the molecule is Oc1ccccc1C=NCCNCc1ccccn1. The van der Waals surface area contributed by atoms with Gasteiger partial charge in [0.2, 0.25) is 0 Å². The number of nitrogens with one attached hydrogen (secondary N) is 1. The van der Waals surface area contributed by atoms with Crippen LogP contribution in [0.4, 0.5) is 0 Å². The summed E-state index contributed by atoms with van der Waals surface area (Å²) in [4.78, 5) is 8.49. The molecule has 2 aromatic rings. The molecule has 0 spiro atoms. The van der Waals surface area contributed by atoms with Gasteiger partial charge in [-0.1, -0.05) is 18.2 Å². The molecule has 2 rings (SSSR count). The first-order valence-corrected chi connectivity index (χ1v) is 6.25. The monoisotopic (exact) mass is 255 g/mol. The van der Waals surface area contributed by atoms with Crippen LogP contribution in [0.2, 0.25) is 0 Å². The van der Waals surface area contributed by atoms with Gasteiger partial charge in [-0.25, -0.2) is 0 Å². The lowest BCUT2D eigenvalue weighted by atomic mass is 10.2. The second kappa shape index (κ2) is 7.28. The Hall–Kier alpha value is -2.20. The Morgan fingerprint density at radius 3 is 2.79 bits per heavy atom. The fraction of sp³-hybridized carbons (Fsp3) is 0.200. The molecule has 0 saturated heterocycles. The number of hydrogen-bond donors (Lipinski definition) is 2. The molecule has 0 aliphatic carbocycles. The zero-order valence-electron chi connectivity index (χ0n) is 10.7. The molecule has 1 aromatic heterocycles. The van der Waals surface area contributed by atoms with E-state index in [0.29, 0.717) is 6.54 Å². The third-order valence-electron chi connectivity index (χ3n) is 2.62. The summed E-state index contributed by atoms with van der Waals surface area (Å²) in [6, 6.07) is 13.0. The molecule has 1 aromatic carbocycles. The van der Waals surface area contributed by atoms with Crippen molar-refractivity contribution in [3.8, 4) is 5.75 Å². The van der Waals surface area contributed by atoms with Gasteiger partial charge in [0.05, 0.1) is 12.2 Å². The maximum atomic E-state index is 9.55. The van der Waals surface area contributed by atoms with Gasteiger partial charge >= 0.3 is 0 Å². The highest BCUT2D eigenvalue weighted by atomic mass is 16.3. The lowest BCUT2D eigenvalue weighted by molar-refractivity contribution is 0.474. The van der Waals surface area contributed by atoms with Crippen LogP contribution in [0.3, 0.4) is 0 Å². The van der Waals surface area contributed by atoms with Crippen LogP contribution in [-0.4, -0.2) is 29.4 Å². The fourth-order valence-electron chi connectivity index (χ4n) is 1.62. The van der Waals surface area contributed by atoms with E-state index in [-0.39, 0.29) is 5.75 Å². The van der Waals surface area contributed by atoms with E-state index < -0.39 is 0 Å². The van der Waals surface area contributed by atoms with Crippen LogP contribution in [0.5, 0.6) is 5.75 Å². The molecule has 2 N–H and O–H groups in total. The maximum absolute atomic E-state index is 9.55. The number of rotatable bonds is 6. The van der Waals surface area contributed by atoms with Crippen LogP contribution in [-0.2, 0) is 6.54 Å². The van der Waals surface area contributed by atoms with Gasteiger partial charge in [-0.15, -0.1) is 0 Å². The highest BCUT2D eigenvalue weighted by molar-refractivity contribution is 5.83. The Kier molecular flexibility index (Phi) is 5.07. The Balaban J connectivity index is 1.68. The summed E-state index contributed by atoms with van der Waals surface area (Å²) in [7, 11) is 0. The van der Waals surface area contributed by atoms with Gasteiger partial charge in [0.25, 0.3) is 0 Å². The van der Waals surface area contributed by atoms with Gasteiger partial charge in [-0.2, -0.15) is 0 Å². The molecule has 98 valence electrons. The van der Waals surface area contributed by atoms with Gasteiger partial charge in [0.15, 0.2) is 0 Å². The third kappa shape index (κ3) is 4.52. The number of nitrogens with zero attached hydrogens (tertiary/aromatic N) is 2. The minimum atomic E-state index is 0.257. The van der Waals surface area contributed by atoms with Gasteiger partial charge in [0, 0.05) is 31.1 Å². The largest absolute Gasteiger partial charge is 0.507 e. The van der Waals surface area contributed by atoms with Crippen molar-refractivity contribution in [2.45, 2.75) is 6.54 Å². The Labute approximate surface area is 112 Å². The summed E-state index contributed by atoms with van der Waals surface area (Å²) in [5.41, 5.74) is 1.76. The number of pyridine rings is 1. The molecular weight excluding hydrogens is 238 g/mol. The minimum absolute atomic E-state index is 0.257. The fourth-order valence-corrected chi connectivity index (χ4v) is 1.62. The first-order chi connectivity index (χ1) is 9.36. The first kappa shape index (κ1) is 13.2. The number of aromatic nitrogens is 1. The summed E-state index contributed by atoms with van der Waals surface area (Å²) < 4.78 is 0. The number of phenols is 1. The van der Waals surface area contributed by atoms with E-state index >= 15 is 0 Å². The quantitative estimate of drug-likeness (QED) is 0.613. The standard InChI is InChI=1S/C15H17N3O/c19-15-7-2-1-5-13(15)11-16-9-10-17-12-14-6-3-4-8-18-14/h1-8,11,17,19H,9-10,12H2. The molecule has 4 heteroatoms. The van der Waals surface area contributed by atoms with Crippen LogP contribution in [0, 0.1) is 0 Å². The average molecular weight is 255 g/mol. The topological polar surface area (TPSA) is 57.5 Å². The molecule has 1 heterocycles. The van der Waals surface area contributed by atoms with Crippen molar-refractivity contribution in [2.75, 3.05) is 13.1 Å². The number of aliphatic imine (C=N–C) groups is 1. The van der Waals surface area contributed by atoms with Crippen molar-refractivity contribution in [2.24, 2.45) is 4.99 Å². The van der Waals surface area contributed by atoms with Crippen LogP contribution in [0.1, 0.15) is 11.3 Å². The molecule has 4 nitrogen and oxygen atoms in total. The predicted molar refractivity (Wildman–Crippen MR) is 76.5 cm³/mol. The second-order valence-electron chi connectivity index (χ2n) is 4.09. The Morgan fingerprint density at radius 2 is 2.00 bits per heavy atom. The minimum Gasteiger partial charge on any atom is -0.507 e. The van der Waals surface area contributed by atoms with Crippen LogP contribution < -0.4 is 5.32 Å². The second-order valence-corrected chi connectivity index (χ2v) is 4.09. The Bertz CT molecular complexity index is 526. The van der Waals surface area contributed by atoms with Crippen molar-refractivity contribution in [3.05, 3.63) is 59.9 Å². The van der Waals surface area contributed by atoms with Crippen molar-refractivity contribution in [1.82, 2.24) is 10.3 Å². The van der Waals surface area contributed by atoms with Crippen LogP contribution in [0.15, 0.2) is 53.7 Å². The summed E-state index contributed by atoms with van der Waals surface area (Å²) in [5.74, 6) is 0.257. The zero-order chi connectivity index (χ0) is 13.3. The molecule has 0 aliphatic rings. The molecule has 0 atom stereocenters. The number of phenolic OH excluding ortho intramolecular Hbond substituents is 1. The first-order valence-electron chi connectivity index (χ1n) is 6.25. The van der Waals surface area contributed by atoms with Crippen molar-refractivity contribution in [3.63, 3.8) is 0 Å². The molecular formula is C15H17N3O. The van der Waals surface area contributed by atoms with E-state index in [0.717, 1.165) is 24.3 Å². The molecule has 0 bridgehead atoms. The maximum Gasteiger partial charge on any atom is 0.124 e. The molecule has 19 heavy (non-hydrogen) atoms. The van der Waals surface area contributed by atoms with Gasteiger partial charge in [-0.05, 0) is 24.3 Å².